The van der Waals surface area contributed by atoms with Crippen molar-refractivity contribution in [2.75, 3.05) is 11.9 Å². The van der Waals surface area contributed by atoms with Crippen molar-refractivity contribution < 1.29 is 22.2 Å². The van der Waals surface area contributed by atoms with Crippen LogP contribution in [0.5, 0.6) is 0 Å². The molecule has 0 aromatic carbocycles. The fourth-order valence-corrected chi connectivity index (χ4v) is 2.66. The summed E-state index contributed by atoms with van der Waals surface area (Å²) in [6.45, 7) is 1.50. The van der Waals surface area contributed by atoms with E-state index in [9.17, 15) is 18.0 Å². The third kappa shape index (κ3) is 4.50. The predicted molar refractivity (Wildman–Crippen MR) is 105 cm³/mol. The average Bonchev–Trinajstić information content (AvgIpc) is 3.01. The molecule has 3 N–H and O–H groups in total. The van der Waals surface area contributed by atoms with E-state index in [0.717, 1.165) is 0 Å². The molecule has 0 aliphatic heterocycles. The maximum Gasteiger partial charge on any atom is 0.405 e. The van der Waals surface area contributed by atoms with Gasteiger partial charge in [-0.05, 0) is 26.0 Å². The lowest BCUT2D eigenvalue weighted by molar-refractivity contribution is -0.140. The van der Waals surface area contributed by atoms with Gasteiger partial charge in [-0.3, -0.25) is 4.79 Å². The first-order valence-corrected chi connectivity index (χ1v) is 8.52. The number of hydrogen-bond acceptors (Lipinski definition) is 5. The molecule has 11 heteroatoms. The molecule has 3 aromatic heterocycles. The number of carbonyl (C=O) groups is 1. The number of nitrogens with one attached hydrogen (secondary N) is 3. The molecule has 3 heterocycles. The Balaban J connectivity index is 0.00000300. The molecule has 0 spiro atoms. The molecule has 0 aliphatic carbocycles. The van der Waals surface area contributed by atoms with Gasteiger partial charge in [-0.25, -0.2) is 15.0 Å². The van der Waals surface area contributed by atoms with Crippen LogP contribution in [0.25, 0.3) is 22.4 Å². The van der Waals surface area contributed by atoms with Crippen molar-refractivity contribution in [2.24, 2.45) is 0 Å². The molecule has 0 saturated carbocycles. The van der Waals surface area contributed by atoms with E-state index >= 15 is 0 Å². The Morgan fingerprint density at radius 3 is 2.79 bits per heavy atom. The topological polar surface area (TPSA) is 95.6 Å². The van der Waals surface area contributed by atoms with Crippen molar-refractivity contribution in [1.82, 2.24) is 25.3 Å². The van der Waals surface area contributed by atoms with Gasteiger partial charge >= 0.3 is 6.18 Å². The van der Waals surface area contributed by atoms with Crippen molar-refractivity contribution in [3.05, 3.63) is 35.7 Å². The summed E-state index contributed by atoms with van der Waals surface area (Å²) >= 11 is 6.00. The molecule has 28 heavy (non-hydrogen) atoms. The van der Waals surface area contributed by atoms with Crippen LogP contribution in [0.2, 0.25) is 5.02 Å². The van der Waals surface area contributed by atoms with Crippen LogP contribution < -0.4 is 10.6 Å². The average molecular weight is 419 g/mol. The highest BCUT2D eigenvalue weighted by Crippen LogP contribution is 2.28. The van der Waals surface area contributed by atoms with E-state index in [0.29, 0.717) is 27.4 Å². The van der Waals surface area contributed by atoms with Crippen LogP contribution in [0.15, 0.2) is 30.7 Å². The van der Waals surface area contributed by atoms with Crippen LogP contribution in [-0.4, -0.2) is 44.1 Å². The number of aromatic amines is 1. The van der Waals surface area contributed by atoms with Gasteiger partial charge in [0.05, 0.1) is 5.02 Å². The number of carbonyl (C=O) groups excluding carboxylic acids is 1. The van der Waals surface area contributed by atoms with Crippen LogP contribution in [0.4, 0.5) is 19.0 Å². The number of rotatable bonds is 5. The van der Waals surface area contributed by atoms with E-state index in [1.165, 1.54) is 32.3 Å². The highest BCUT2D eigenvalue weighted by atomic mass is 35.5. The van der Waals surface area contributed by atoms with Crippen LogP contribution in [0.1, 0.15) is 18.1 Å². The van der Waals surface area contributed by atoms with Crippen LogP contribution in [0.3, 0.4) is 0 Å². The van der Waals surface area contributed by atoms with E-state index in [1.54, 1.807) is 12.3 Å². The zero-order valence-electron chi connectivity index (χ0n) is 14.9. The Hall–Kier alpha value is -2.88. The van der Waals surface area contributed by atoms with Crippen molar-refractivity contribution >= 4 is 34.4 Å². The second-order valence-electron chi connectivity index (χ2n) is 6.57. The molecule has 0 saturated heterocycles. The zero-order chi connectivity index (χ0) is 20.5. The summed E-state index contributed by atoms with van der Waals surface area (Å²) in [4.78, 5) is 27.8. The summed E-state index contributed by atoms with van der Waals surface area (Å²) in [6, 6.07) is 3.23. The molecule has 0 fully saturated rings. The molecule has 0 unspecified atom stereocenters. The third-order valence-electron chi connectivity index (χ3n) is 3.85. The Morgan fingerprint density at radius 2 is 2.07 bits per heavy atom. The van der Waals surface area contributed by atoms with Gasteiger partial charge in [0.15, 0.2) is 5.82 Å². The predicted octanol–water partition coefficient (Wildman–Crippen LogP) is 4.28. The smallest absolute Gasteiger partial charge is 0.356 e. The largest absolute Gasteiger partial charge is 0.405 e. The summed E-state index contributed by atoms with van der Waals surface area (Å²) in [6.07, 6.45) is 0.170. The lowest BCUT2D eigenvalue weighted by atomic mass is 10.0. The fourth-order valence-electron chi connectivity index (χ4n) is 2.50. The Morgan fingerprint density at radius 1 is 1.32 bits per heavy atom. The van der Waals surface area contributed by atoms with Crippen molar-refractivity contribution in [2.45, 2.75) is 25.6 Å². The minimum Gasteiger partial charge on any atom is -0.356 e. The molecule has 0 aliphatic rings. The summed E-state index contributed by atoms with van der Waals surface area (Å²) in [5, 5.41) is 5.86. The van der Waals surface area contributed by atoms with Crippen molar-refractivity contribution in [1.29, 1.82) is 0 Å². The molecular formula is C17H22ClF3N6O. The zero-order valence-corrected chi connectivity index (χ0v) is 15.6. The number of pyridine rings is 1. The first-order valence-electron chi connectivity index (χ1n) is 8.14. The van der Waals surface area contributed by atoms with Crippen LogP contribution >= 0.6 is 11.6 Å². The first kappa shape index (κ1) is 19.9. The quantitative estimate of drug-likeness (QED) is 0.574. The lowest BCUT2D eigenvalue weighted by Crippen LogP contribution is -2.50. The Bertz CT molecular complexity index is 1030. The second kappa shape index (κ2) is 7.27. The SMILES string of the molecule is CC(C)(Nc1ccnc(-c2c[nH]c3ncc(Cl)cc23)n1)C(=O)NCC(F)(F)F.[HH].[HH].[HH]. The summed E-state index contributed by atoms with van der Waals surface area (Å²) in [7, 11) is 0. The first-order chi connectivity index (χ1) is 13.0. The second-order valence-corrected chi connectivity index (χ2v) is 7.00. The minimum absolute atomic E-state index is 0. The minimum atomic E-state index is -4.49. The Kier molecular flexibility index (Phi) is 5.16. The highest BCUT2D eigenvalue weighted by molar-refractivity contribution is 6.31. The van der Waals surface area contributed by atoms with E-state index in [2.05, 4.69) is 25.3 Å². The molecule has 154 valence electrons. The van der Waals surface area contributed by atoms with Gasteiger partial charge in [0.25, 0.3) is 0 Å². The number of hydrogen-bond donors (Lipinski definition) is 3. The van der Waals surface area contributed by atoms with E-state index in [4.69, 9.17) is 11.6 Å². The van der Waals surface area contributed by atoms with Crippen molar-refractivity contribution in [3.63, 3.8) is 0 Å². The maximum atomic E-state index is 12.3. The number of nitrogens with zero attached hydrogens (tertiary/aromatic N) is 3. The maximum absolute atomic E-state index is 12.3. The van der Waals surface area contributed by atoms with Crippen LogP contribution in [0, 0.1) is 0 Å². The van der Waals surface area contributed by atoms with Gasteiger partial charge in [0, 0.05) is 33.8 Å². The number of halogens is 4. The molecule has 0 radical (unpaired) electrons. The number of aromatic nitrogens is 4. The van der Waals surface area contributed by atoms with Crippen molar-refractivity contribution in [3.8, 4) is 11.4 Å². The van der Waals surface area contributed by atoms with Gasteiger partial charge in [-0.15, -0.1) is 0 Å². The van der Waals surface area contributed by atoms with Gasteiger partial charge in [-0.1, -0.05) is 11.6 Å². The lowest BCUT2D eigenvalue weighted by Gasteiger charge is -2.26. The molecule has 3 aromatic rings. The van der Waals surface area contributed by atoms with E-state index in [-0.39, 0.29) is 10.1 Å². The fraction of sp³-hybridized carbons (Fsp3) is 0.294. The number of amides is 1. The molecule has 0 atom stereocenters. The Labute approximate surface area is 167 Å². The summed E-state index contributed by atoms with van der Waals surface area (Å²) in [5.41, 5.74) is -0.0803. The van der Waals surface area contributed by atoms with E-state index in [1.807, 2.05) is 5.32 Å². The van der Waals surface area contributed by atoms with Crippen LogP contribution in [-0.2, 0) is 4.79 Å². The number of fused-ring (bicyclic) bond motifs is 1. The van der Waals surface area contributed by atoms with Gasteiger partial charge in [-0.2, -0.15) is 13.2 Å². The summed E-state index contributed by atoms with van der Waals surface area (Å²) in [5.74, 6) is -0.193. The standard InChI is InChI=1S/C17H16ClF3N6O.3H2/c1-16(2,15(28)25-8-17(19,20)21)27-12-3-4-22-14(26-12)11-7-24-13-10(11)5-9(18)6-23-13;;;/h3-7H,8H2,1-2H3,(H,23,24)(H,25,28)(H,22,26,27);3*1H. The molecule has 7 nitrogen and oxygen atoms in total. The van der Waals surface area contributed by atoms with Gasteiger partial charge < -0.3 is 15.6 Å². The van der Waals surface area contributed by atoms with Gasteiger partial charge in [0.1, 0.15) is 23.5 Å². The number of anilines is 1. The number of H-pyrrole nitrogens is 1. The summed E-state index contributed by atoms with van der Waals surface area (Å²) < 4.78 is 37.0. The monoisotopic (exact) mass is 418 g/mol. The molecular weight excluding hydrogens is 397 g/mol. The normalized spacial score (nSPS) is 12.2. The number of alkyl halides is 3. The third-order valence-corrected chi connectivity index (χ3v) is 4.06. The molecule has 1 amide bonds. The highest BCUT2D eigenvalue weighted by Gasteiger charge is 2.33. The van der Waals surface area contributed by atoms with Gasteiger partial charge in [0.2, 0.25) is 5.91 Å². The van der Waals surface area contributed by atoms with E-state index < -0.39 is 24.2 Å². The molecule has 0 bridgehead atoms. The molecule has 3 rings (SSSR count).